The average Bonchev–Trinajstić information content (AvgIpc) is 2.06. The van der Waals surface area contributed by atoms with Gasteiger partial charge in [-0.25, -0.2) is 9.97 Å². The third kappa shape index (κ3) is 1.88. The van der Waals surface area contributed by atoms with Crippen LogP contribution in [0.5, 0.6) is 5.75 Å². The summed E-state index contributed by atoms with van der Waals surface area (Å²) < 4.78 is 5.22. The van der Waals surface area contributed by atoms with Gasteiger partial charge < -0.3 is 10.5 Å². The predicted molar refractivity (Wildman–Crippen MR) is 41.1 cm³/mol. The molecule has 1 heterocycles. The second kappa shape index (κ2) is 3.88. The number of hydrogen-bond acceptors (Lipinski definition) is 4. The zero-order valence-electron chi connectivity index (χ0n) is 6.45. The summed E-state index contributed by atoms with van der Waals surface area (Å²) in [5.41, 5.74) is 6.16. The summed E-state index contributed by atoms with van der Waals surface area (Å²) in [7, 11) is 0. The van der Waals surface area contributed by atoms with E-state index in [-0.39, 0.29) is 0 Å². The molecule has 11 heavy (non-hydrogen) atoms. The summed E-state index contributed by atoms with van der Waals surface area (Å²) >= 11 is 0. The van der Waals surface area contributed by atoms with Crippen LogP contribution in [0.25, 0.3) is 0 Å². The van der Waals surface area contributed by atoms with Crippen molar-refractivity contribution in [2.24, 2.45) is 5.73 Å². The van der Waals surface area contributed by atoms with Crippen molar-refractivity contribution in [2.45, 2.75) is 13.5 Å². The maximum absolute atomic E-state index is 5.41. The van der Waals surface area contributed by atoms with E-state index in [9.17, 15) is 0 Å². The minimum atomic E-state index is 0.387. The third-order valence-corrected chi connectivity index (χ3v) is 1.25. The molecule has 0 saturated carbocycles. The molecule has 0 unspecified atom stereocenters. The lowest BCUT2D eigenvalue weighted by Gasteiger charge is -2.04. The lowest BCUT2D eigenvalue weighted by molar-refractivity contribution is 0.333. The minimum Gasteiger partial charge on any atom is -0.490 e. The molecule has 0 aliphatic rings. The van der Waals surface area contributed by atoms with Crippen LogP contribution < -0.4 is 10.5 Å². The van der Waals surface area contributed by atoms with Crippen LogP contribution in [-0.4, -0.2) is 16.6 Å². The summed E-state index contributed by atoms with van der Waals surface area (Å²) in [5.74, 6) is 0.678. The predicted octanol–water partition coefficient (Wildman–Crippen LogP) is 0.334. The third-order valence-electron chi connectivity index (χ3n) is 1.25. The highest BCUT2D eigenvalue weighted by Crippen LogP contribution is 2.11. The minimum absolute atomic E-state index is 0.387. The number of rotatable bonds is 3. The normalized spacial score (nSPS) is 9.64. The molecule has 0 atom stereocenters. The number of aromatic nitrogens is 2. The van der Waals surface area contributed by atoms with E-state index in [4.69, 9.17) is 10.5 Å². The van der Waals surface area contributed by atoms with E-state index in [1.165, 1.54) is 6.33 Å². The van der Waals surface area contributed by atoms with E-state index >= 15 is 0 Å². The molecule has 0 amide bonds. The SMILES string of the molecule is CCOc1cncnc1CN. The van der Waals surface area contributed by atoms with E-state index in [0.29, 0.717) is 18.9 Å². The molecule has 1 aromatic heterocycles. The molecule has 0 radical (unpaired) electrons. The number of hydrogen-bond donors (Lipinski definition) is 1. The summed E-state index contributed by atoms with van der Waals surface area (Å²) in [4.78, 5) is 7.77. The first-order valence-electron chi connectivity index (χ1n) is 3.50. The smallest absolute Gasteiger partial charge is 0.160 e. The van der Waals surface area contributed by atoms with Crippen LogP contribution in [0, 0.1) is 0 Å². The highest BCUT2D eigenvalue weighted by Gasteiger charge is 2.00. The summed E-state index contributed by atoms with van der Waals surface area (Å²) in [6, 6.07) is 0. The Morgan fingerprint density at radius 1 is 1.64 bits per heavy atom. The summed E-state index contributed by atoms with van der Waals surface area (Å²) in [5, 5.41) is 0. The van der Waals surface area contributed by atoms with Gasteiger partial charge in [-0.2, -0.15) is 0 Å². The Hall–Kier alpha value is -1.16. The first kappa shape index (κ1) is 7.94. The summed E-state index contributed by atoms with van der Waals surface area (Å²) in [6.45, 7) is 2.91. The second-order valence-electron chi connectivity index (χ2n) is 1.97. The van der Waals surface area contributed by atoms with Crippen LogP contribution in [0.3, 0.4) is 0 Å². The van der Waals surface area contributed by atoms with Gasteiger partial charge in [0.2, 0.25) is 0 Å². The van der Waals surface area contributed by atoms with Crippen molar-refractivity contribution in [1.29, 1.82) is 0 Å². The van der Waals surface area contributed by atoms with Crippen molar-refractivity contribution in [3.05, 3.63) is 18.2 Å². The van der Waals surface area contributed by atoms with Crippen molar-refractivity contribution in [3.8, 4) is 5.75 Å². The van der Waals surface area contributed by atoms with Gasteiger partial charge >= 0.3 is 0 Å². The molecule has 4 nitrogen and oxygen atoms in total. The van der Waals surface area contributed by atoms with E-state index in [1.807, 2.05) is 6.92 Å². The fourth-order valence-corrected chi connectivity index (χ4v) is 0.772. The van der Waals surface area contributed by atoms with Crippen molar-refractivity contribution in [3.63, 3.8) is 0 Å². The van der Waals surface area contributed by atoms with Gasteiger partial charge in [-0.15, -0.1) is 0 Å². The fraction of sp³-hybridized carbons (Fsp3) is 0.429. The molecule has 4 heteroatoms. The van der Waals surface area contributed by atoms with Gasteiger partial charge in [0.1, 0.15) is 6.33 Å². The highest BCUT2D eigenvalue weighted by molar-refractivity contribution is 5.22. The Kier molecular flexibility index (Phi) is 2.80. The largest absolute Gasteiger partial charge is 0.490 e. The lowest BCUT2D eigenvalue weighted by atomic mass is 10.4. The number of ether oxygens (including phenoxy) is 1. The molecule has 0 spiro atoms. The fourth-order valence-electron chi connectivity index (χ4n) is 0.772. The van der Waals surface area contributed by atoms with Crippen molar-refractivity contribution in [1.82, 2.24) is 9.97 Å². The molecule has 60 valence electrons. The first-order valence-corrected chi connectivity index (χ1v) is 3.50. The van der Waals surface area contributed by atoms with Crippen LogP contribution >= 0.6 is 0 Å². The Morgan fingerprint density at radius 2 is 2.45 bits per heavy atom. The van der Waals surface area contributed by atoms with Crippen LogP contribution in [0.4, 0.5) is 0 Å². The standard InChI is InChI=1S/C7H11N3O/c1-2-11-7-4-9-5-10-6(7)3-8/h4-5H,2-3,8H2,1H3. The van der Waals surface area contributed by atoms with Crippen LogP contribution in [0.1, 0.15) is 12.6 Å². The number of nitrogens with two attached hydrogens (primary N) is 1. The quantitative estimate of drug-likeness (QED) is 0.680. The Balaban J connectivity index is 2.83. The Bertz CT molecular complexity index is 227. The van der Waals surface area contributed by atoms with Gasteiger partial charge in [0, 0.05) is 6.54 Å². The Labute approximate surface area is 65.4 Å². The Morgan fingerprint density at radius 3 is 3.09 bits per heavy atom. The van der Waals surface area contributed by atoms with E-state index in [1.54, 1.807) is 6.20 Å². The van der Waals surface area contributed by atoms with Crippen LogP contribution in [-0.2, 0) is 6.54 Å². The van der Waals surface area contributed by atoms with E-state index in [0.717, 1.165) is 5.69 Å². The van der Waals surface area contributed by atoms with Crippen molar-refractivity contribution >= 4 is 0 Å². The van der Waals surface area contributed by atoms with E-state index < -0.39 is 0 Å². The molecule has 2 N–H and O–H groups in total. The van der Waals surface area contributed by atoms with Crippen molar-refractivity contribution in [2.75, 3.05) is 6.61 Å². The molecular formula is C7H11N3O. The van der Waals surface area contributed by atoms with Crippen molar-refractivity contribution < 1.29 is 4.74 Å². The topological polar surface area (TPSA) is 61.0 Å². The molecule has 0 bridgehead atoms. The molecule has 0 aliphatic heterocycles. The zero-order valence-corrected chi connectivity index (χ0v) is 6.45. The van der Waals surface area contributed by atoms with Gasteiger partial charge in [0.25, 0.3) is 0 Å². The maximum Gasteiger partial charge on any atom is 0.160 e. The van der Waals surface area contributed by atoms with Gasteiger partial charge in [-0.05, 0) is 6.92 Å². The van der Waals surface area contributed by atoms with Gasteiger partial charge in [-0.3, -0.25) is 0 Å². The molecule has 0 fully saturated rings. The molecule has 0 saturated heterocycles. The average molecular weight is 153 g/mol. The van der Waals surface area contributed by atoms with Gasteiger partial charge in [0.15, 0.2) is 5.75 Å². The molecule has 1 rings (SSSR count). The lowest BCUT2D eigenvalue weighted by Crippen LogP contribution is -2.04. The molecule has 0 aliphatic carbocycles. The number of nitrogens with zero attached hydrogens (tertiary/aromatic N) is 2. The molecular weight excluding hydrogens is 142 g/mol. The first-order chi connectivity index (χ1) is 5.38. The molecule has 0 aromatic carbocycles. The zero-order chi connectivity index (χ0) is 8.10. The van der Waals surface area contributed by atoms with Gasteiger partial charge in [-0.1, -0.05) is 0 Å². The van der Waals surface area contributed by atoms with Crippen LogP contribution in [0.2, 0.25) is 0 Å². The second-order valence-corrected chi connectivity index (χ2v) is 1.97. The monoisotopic (exact) mass is 153 g/mol. The summed E-state index contributed by atoms with van der Waals surface area (Å²) in [6.07, 6.45) is 3.09. The van der Waals surface area contributed by atoms with E-state index in [2.05, 4.69) is 9.97 Å². The highest BCUT2D eigenvalue weighted by atomic mass is 16.5. The van der Waals surface area contributed by atoms with Crippen LogP contribution in [0.15, 0.2) is 12.5 Å². The maximum atomic E-state index is 5.41. The molecule has 1 aromatic rings. The van der Waals surface area contributed by atoms with Gasteiger partial charge in [0.05, 0.1) is 18.5 Å².